The molecule has 0 amide bonds. The van der Waals surface area contributed by atoms with E-state index in [0.717, 1.165) is 37.1 Å². The molecule has 2 aromatic rings. The van der Waals surface area contributed by atoms with E-state index in [9.17, 15) is 4.39 Å². The van der Waals surface area contributed by atoms with Gasteiger partial charge in [-0.25, -0.2) is 4.39 Å². The zero-order valence-electron chi connectivity index (χ0n) is 13.5. The number of halogens is 1. The Morgan fingerprint density at radius 2 is 1.83 bits per heavy atom. The van der Waals surface area contributed by atoms with E-state index < -0.39 is 0 Å². The normalized spacial score (nSPS) is 15.7. The van der Waals surface area contributed by atoms with Gasteiger partial charge in [0.2, 0.25) is 0 Å². The first-order valence-corrected chi connectivity index (χ1v) is 8.08. The molecule has 1 saturated heterocycles. The molecule has 0 saturated carbocycles. The maximum Gasteiger partial charge on any atom is 0.165 e. The lowest BCUT2D eigenvalue weighted by atomic mass is 9.89. The van der Waals surface area contributed by atoms with Gasteiger partial charge in [-0.1, -0.05) is 18.2 Å². The summed E-state index contributed by atoms with van der Waals surface area (Å²) in [6.45, 7) is 2.55. The summed E-state index contributed by atoms with van der Waals surface area (Å²) >= 11 is 0. The van der Waals surface area contributed by atoms with Gasteiger partial charge in [0.15, 0.2) is 11.6 Å². The van der Waals surface area contributed by atoms with Gasteiger partial charge in [0.05, 0.1) is 7.11 Å². The minimum atomic E-state index is -0.273. The Hall–Kier alpha value is -2.07. The molecule has 1 fully saturated rings. The van der Waals surface area contributed by atoms with Crippen molar-refractivity contribution in [1.82, 2.24) is 0 Å². The summed E-state index contributed by atoms with van der Waals surface area (Å²) < 4.78 is 18.9. The van der Waals surface area contributed by atoms with Crippen LogP contribution in [-0.2, 0) is 6.54 Å². The van der Waals surface area contributed by atoms with Crippen molar-refractivity contribution in [2.75, 3.05) is 25.1 Å². The summed E-state index contributed by atoms with van der Waals surface area (Å²) in [5, 5.41) is 0. The summed E-state index contributed by atoms with van der Waals surface area (Å²) in [5.74, 6) is 0.450. The quantitative estimate of drug-likeness (QED) is 0.935. The Kier molecular flexibility index (Phi) is 4.82. The van der Waals surface area contributed by atoms with Gasteiger partial charge in [-0.3, -0.25) is 0 Å². The number of piperidine rings is 1. The van der Waals surface area contributed by atoms with E-state index >= 15 is 0 Å². The van der Waals surface area contributed by atoms with Crippen LogP contribution in [0.4, 0.5) is 10.1 Å². The lowest BCUT2D eigenvalue weighted by Crippen LogP contribution is -2.32. The summed E-state index contributed by atoms with van der Waals surface area (Å²) in [7, 11) is 1.49. The van der Waals surface area contributed by atoms with Crippen LogP contribution >= 0.6 is 0 Å². The van der Waals surface area contributed by atoms with Crippen molar-refractivity contribution < 1.29 is 9.13 Å². The van der Waals surface area contributed by atoms with Gasteiger partial charge in [-0.15, -0.1) is 0 Å². The van der Waals surface area contributed by atoms with Gasteiger partial charge in [0, 0.05) is 25.3 Å². The predicted molar refractivity (Wildman–Crippen MR) is 91.5 cm³/mol. The van der Waals surface area contributed by atoms with Crippen LogP contribution in [0.1, 0.15) is 29.9 Å². The van der Waals surface area contributed by atoms with Crippen molar-refractivity contribution >= 4 is 5.69 Å². The Morgan fingerprint density at radius 1 is 1.13 bits per heavy atom. The lowest BCUT2D eigenvalue weighted by Gasteiger charge is -2.34. The Balaban J connectivity index is 1.64. The van der Waals surface area contributed by atoms with Crippen LogP contribution in [0.3, 0.4) is 0 Å². The number of nitrogens with zero attached hydrogens (tertiary/aromatic N) is 1. The van der Waals surface area contributed by atoms with Gasteiger partial charge in [-0.05, 0) is 54.2 Å². The van der Waals surface area contributed by atoms with Gasteiger partial charge >= 0.3 is 0 Å². The largest absolute Gasteiger partial charge is 0.494 e. The van der Waals surface area contributed by atoms with Crippen LogP contribution in [0.25, 0.3) is 0 Å². The van der Waals surface area contributed by atoms with E-state index in [2.05, 4.69) is 29.2 Å². The molecule has 0 radical (unpaired) electrons. The molecule has 1 aliphatic rings. The van der Waals surface area contributed by atoms with E-state index in [4.69, 9.17) is 10.5 Å². The van der Waals surface area contributed by atoms with Crippen molar-refractivity contribution in [3.8, 4) is 5.75 Å². The summed E-state index contributed by atoms with van der Waals surface area (Å²) in [6.07, 6.45) is 2.06. The van der Waals surface area contributed by atoms with E-state index in [1.54, 1.807) is 12.1 Å². The number of rotatable bonds is 4. The van der Waals surface area contributed by atoms with Gasteiger partial charge in [-0.2, -0.15) is 0 Å². The summed E-state index contributed by atoms with van der Waals surface area (Å²) in [6, 6.07) is 13.8. The Bertz CT molecular complexity index is 649. The number of nitrogens with two attached hydrogens (primary N) is 1. The lowest BCUT2D eigenvalue weighted by molar-refractivity contribution is 0.385. The number of anilines is 1. The van der Waals surface area contributed by atoms with Crippen molar-refractivity contribution in [1.29, 1.82) is 0 Å². The van der Waals surface area contributed by atoms with Gasteiger partial charge in [0.25, 0.3) is 0 Å². The monoisotopic (exact) mass is 314 g/mol. The number of ether oxygens (including phenoxy) is 1. The molecule has 23 heavy (non-hydrogen) atoms. The minimum Gasteiger partial charge on any atom is -0.494 e. The zero-order chi connectivity index (χ0) is 16.2. The molecule has 1 heterocycles. The van der Waals surface area contributed by atoms with E-state index in [1.165, 1.54) is 12.8 Å². The molecule has 0 bridgehead atoms. The third-order valence-electron chi connectivity index (χ3n) is 4.68. The van der Waals surface area contributed by atoms with Crippen LogP contribution in [0, 0.1) is 5.82 Å². The van der Waals surface area contributed by atoms with Crippen molar-refractivity contribution in [2.24, 2.45) is 5.73 Å². The first kappa shape index (κ1) is 15.8. The third-order valence-corrected chi connectivity index (χ3v) is 4.68. The average Bonchev–Trinajstić information content (AvgIpc) is 2.62. The van der Waals surface area contributed by atoms with Gasteiger partial charge < -0.3 is 15.4 Å². The zero-order valence-corrected chi connectivity index (χ0v) is 13.5. The SMILES string of the molecule is COc1ccc(C2CCN(c3ccc(CN)cc3)CC2)cc1F. The molecular weight excluding hydrogens is 291 g/mol. The molecule has 0 unspecified atom stereocenters. The first-order chi connectivity index (χ1) is 11.2. The number of hydrogen-bond donors (Lipinski definition) is 1. The molecule has 4 heteroatoms. The smallest absolute Gasteiger partial charge is 0.165 e. The number of hydrogen-bond acceptors (Lipinski definition) is 3. The molecule has 3 nitrogen and oxygen atoms in total. The minimum absolute atomic E-state index is 0.273. The topological polar surface area (TPSA) is 38.5 Å². The molecule has 0 atom stereocenters. The molecule has 1 aliphatic heterocycles. The number of methoxy groups -OCH3 is 1. The van der Waals surface area contributed by atoms with Crippen LogP contribution in [-0.4, -0.2) is 20.2 Å². The molecule has 122 valence electrons. The molecule has 2 N–H and O–H groups in total. The van der Waals surface area contributed by atoms with Crippen LogP contribution in [0.15, 0.2) is 42.5 Å². The average molecular weight is 314 g/mol. The molecule has 3 rings (SSSR count). The highest BCUT2D eigenvalue weighted by molar-refractivity contribution is 5.48. The maximum atomic E-state index is 13.9. The fourth-order valence-corrected chi connectivity index (χ4v) is 3.25. The van der Waals surface area contributed by atoms with E-state index in [1.807, 2.05) is 6.07 Å². The van der Waals surface area contributed by atoms with E-state index in [0.29, 0.717) is 18.2 Å². The molecule has 0 spiro atoms. The molecule has 2 aromatic carbocycles. The van der Waals surface area contributed by atoms with Crippen molar-refractivity contribution in [3.63, 3.8) is 0 Å². The highest BCUT2D eigenvalue weighted by Crippen LogP contribution is 2.32. The third kappa shape index (κ3) is 3.48. The highest BCUT2D eigenvalue weighted by atomic mass is 19.1. The maximum absolute atomic E-state index is 13.9. The van der Waals surface area contributed by atoms with E-state index in [-0.39, 0.29) is 5.82 Å². The highest BCUT2D eigenvalue weighted by Gasteiger charge is 2.21. The Labute approximate surface area is 136 Å². The fourth-order valence-electron chi connectivity index (χ4n) is 3.25. The second-order valence-corrected chi connectivity index (χ2v) is 6.03. The van der Waals surface area contributed by atoms with Crippen molar-refractivity contribution in [3.05, 3.63) is 59.4 Å². The fraction of sp³-hybridized carbons (Fsp3) is 0.368. The second kappa shape index (κ2) is 7.01. The summed E-state index contributed by atoms with van der Waals surface area (Å²) in [4.78, 5) is 2.39. The van der Waals surface area contributed by atoms with Crippen molar-refractivity contribution in [2.45, 2.75) is 25.3 Å². The molecule has 0 aromatic heterocycles. The van der Waals surface area contributed by atoms with Crippen LogP contribution < -0.4 is 15.4 Å². The standard InChI is InChI=1S/C19H23FN2O/c1-23-19-7-4-16(12-18(19)20)15-8-10-22(11-9-15)17-5-2-14(13-21)3-6-17/h2-7,12,15H,8-11,13,21H2,1H3. The summed E-state index contributed by atoms with van der Waals surface area (Å²) in [5.41, 5.74) is 9.10. The van der Waals surface area contributed by atoms with Gasteiger partial charge in [0.1, 0.15) is 0 Å². The molecular formula is C19H23FN2O. The molecule has 0 aliphatic carbocycles. The Morgan fingerprint density at radius 3 is 2.39 bits per heavy atom. The second-order valence-electron chi connectivity index (χ2n) is 6.03. The first-order valence-electron chi connectivity index (χ1n) is 8.08. The number of benzene rings is 2. The predicted octanol–water partition coefficient (Wildman–Crippen LogP) is 3.68. The van der Waals surface area contributed by atoms with Crippen LogP contribution in [0.5, 0.6) is 5.75 Å². The van der Waals surface area contributed by atoms with Crippen LogP contribution in [0.2, 0.25) is 0 Å².